The average Bonchev–Trinajstić information content (AvgIpc) is 2.29. The van der Waals surface area contributed by atoms with E-state index < -0.39 is 5.97 Å². The predicted molar refractivity (Wildman–Crippen MR) is 71.2 cm³/mol. The minimum atomic E-state index is -0.714. The number of carboxylic acids is 1. The first kappa shape index (κ1) is 15.8. The first-order valence-electron chi connectivity index (χ1n) is 6.13. The van der Waals surface area contributed by atoms with Gasteiger partial charge in [-0.25, -0.2) is 0 Å². The lowest BCUT2D eigenvalue weighted by Crippen LogP contribution is -2.30. The molecule has 0 spiro atoms. The molecule has 4 heteroatoms. The van der Waals surface area contributed by atoms with Crippen molar-refractivity contribution in [1.29, 1.82) is 0 Å². The van der Waals surface area contributed by atoms with Crippen molar-refractivity contribution < 1.29 is 9.90 Å². The summed E-state index contributed by atoms with van der Waals surface area (Å²) in [5, 5.41) is 8.03. The topological polar surface area (TPSA) is 40.5 Å². The predicted octanol–water partition coefficient (Wildman–Crippen LogP) is 2.71. The molecule has 0 atom stereocenters. The number of rotatable bonds is 5. The Kier molecular flexibility index (Phi) is 11.1. The molecule has 1 N–H and O–H groups in total. The van der Waals surface area contributed by atoms with E-state index in [9.17, 15) is 4.79 Å². The maximum absolute atomic E-state index is 9.74. The first-order valence-corrected chi connectivity index (χ1v) is 7.53. The lowest BCUT2D eigenvalue weighted by atomic mass is 10.1. The fourth-order valence-corrected chi connectivity index (χ4v) is 2.07. The van der Waals surface area contributed by atoms with Crippen LogP contribution in [0, 0.1) is 0 Å². The van der Waals surface area contributed by atoms with Crippen LogP contribution >= 0.6 is 11.8 Å². The second kappa shape index (κ2) is 11.3. The zero-order valence-corrected chi connectivity index (χ0v) is 11.4. The molecular weight excluding hydrogens is 222 g/mol. The Morgan fingerprint density at radius 1 is 1.31 bits per heavy atom. The molecule has 1 aliphatic heterocycles. The number of aliphatic carboxylic acids is 1. The highest BCUT2D eigenvalue weighted by molar-refractivity contribution is 7.98. The summed E-state index contributed by atoms with van der Waals surface area (Å²) in [6.45, 7) is 6.29. The maximum atomic E-state index is 9.74. The van der Waals surface area contributed by atoms with E-state index >= 15 is 0 Å². The summed E-state index contributed by atoms with van der Waals surface area (Å²) in [5.41, 5.74) is 0. The van der Waals surface area contributed by atoms with E-state index in [0.29, 0.717) is 0 Å². The molecule has 96 valence electrons. The molecule has 3 nitrogen and oxygen atoms in total. The van der Waals surface area contributed by atoms with Gasteiger partial charge in [-0.2, -0.15) is 11.8 Å². The van der Waals surface area contributed by atoms with Gasteiger partial charge >= 0.3 is 5.97 Å². The van der Waals surface area contributed by atoms with Crippen molar-refractivity contribution in [2.75, 3.05) is 31.6 Å². The number of likely N-dealkylation sites (tertiary alicyclic amines) is 1. The van der Waals surface area contributed by atoms with Gasteiger partial charge in [0, 0.05) is 5.75 Å². The minimum Gasteiger partial charge on any atom is -0.481 e. The third kappa shape index (κ3) is 10.3. The Morgan fingerprint density at radius 3 is 2.31 bits per heavy atom. The van der Waals surface area contributed by atoms with Crippen LogP contribution in [0.1, 0.15) is 39.0 Å². The minimum absolute atomic E-state index is 0.279. The van der Waals surface area contributed by atoms with Crippen molar-refractivity contribution in [2.24, 2.45) is 0 Å². The van der Waals surface area contributed by atoms with Crippen LogP contribution in [0.15, 0.2) is 0 Å². The van der Waals surface area contributed by atoms with Gasteiger partial charge in [-0.1, -0.05) is 13.3 Å². The highest BCUT2D eigenvalue weighted by Gasteiger charge is 2.07. The van der Waals surface area contributed by atoms with E-state index in [1.807, 2.05) is 6.26 Å². The number of thioether (sulfide) groups is 1. The molecule has 0 bridgehead atoms. The number of nitrogens with zero attached hydrogens (tertiary/aromatic N) is 1. The Balaban J connectivity index is 0.000000293. The quantitative estimate of drug-likeness (QED) is 0.811. The van der Waals surface area contributed by atoms with E-state index in [2.05, 4.69) is 11.8 Å². The molecule has 1 aliphatic rings. The van der Waals surface area contributed by atoms with Crippen LogP contribution in [0.25, 0.3) is 0 Å². The van der Waals surface area contributed by atoms with Gasteiger partial charge in [-0.15, -0.1) is 0 Å². The van der Waals surface area contributed by atoms with Gasteiger partial charge in [-0.05, 0) is 45.2 Å². The van der Waals surface area contributed by atoms with Gasteiger partial charge in [0.1, 0.15) is 0 Å². The lowest BCUT2D eigenvalue weighted by Gasteiger charge is -2.25. The summed E-state index contributed by atoms with van der Waals surface area (Å²) < 4.78 is 0. The van der Waals surface area contributed by atoms with Crippen molar-refractivity contribution in [3.63, 3.8) is 0 Å². The Hall–Kier alpha value is -0.220. The van der Waals surface area contributed by atoms with Crippen molar-refractivity contribution >= 4 is 17.7 Å². The zero-order valence-electron chi connectivity index (χ0n) is 10.6. The smallest absolute Gasteiger partial charge is 0.304 e. The number of carbonyl (C=O) groups is 1. The molecule has 0 radical (unpaired) electrons. The summed E-state index contributed by atoms with van der Waals surface area (Å²) in [5.74, 6) is 0.00403. The molecule has 1 fully saturated rings. The number of piperidine rings is 1. The molecule has 0 aromatic heterocycles. The number of hydrogen-bond donors (Lipinski definition) is 1. The first-order chi connectivity index (χ1) is 7.70. The molecule has 1 heterocycles. The van der Waals surface area contributed by atoms with Crippen molar-refractivity contribution in [1.82, 2.24) is 4.90 Å². The van der Waals surface area contributed by atoms with Crippen molar-refractivity contribution in [2.45, 2.75) is 39.0 Å². The summed E-state index contributed by atoms with van der Waals surface area (Å²) in [4.78, 5) is 12.3. The molecule has 0 saturated carbocycles. The largest absolute Gasteiger partial charge is 0.481 e. The Bertz CT molecular complexity index is 168. The summed E-state index contributed by atoms with van der Waals surface area (Å²) in [6, 6.07) is 0. The number of hydrogen-bond acceptors (Lipinski definition) is 3. The van der Waals surface area contributed by atoms with Crippen LogP contribution in [0.2, 0.25) is 0 Å². The second-order valence-electron chi connectivity index (χ2n) is 4.04. The summed E-state index contributed by atoms with van der Waals surface area (Å²) in [7, 11) is 0. The molecule has 1 rings (SSSR count). The fourth-order valence-electron chi connectivity index (χ4n) is 1.69. The monoisotopic (exact) mass is 247 g/mol. The van der Waals surface area contributed by atoms with Gasteiger partial charge in [-0.3, -0.25) is 4.79 Å². The van der Waals surface area contributed by atoms with E-state index in [-0.39, 0.29) is 6.42 Å². The van der Waals surface area contributed by atoms with E-state index in [1.165, 1.54) is 45.3 Å². The van der Waals surface area contributed by atoms with E-state index in [0.717, 1.165) is 5.75 Å². The van der Waals surface area contributed by atoms with Crippen LogP contribution in [-0.4, -0.2) is 47.6 Å². The van der Waals surface area contributed by atoms with E-state index in [1.54, 1.807) is 11.8 Å². The van der Waals surface area contributed by atoms with Gasteiger partial charge in [0.25, 0.3) is 0 Å². The second-order valence-corrected chi connectivity index (χ2v) is 5.02. The molecular formula is C12H25NO2S. The Morgan fingerprint density at radius 2 is 1.94 bits per heavy atom. The molecule has 0 aromatic carbocycles. The highest BCUT2D eigenvalue weighted by atomic mass is 32.2. The maximum Gasteiger partial charge on any atom is 0.304 e. The van der Waals surface area contributed by atoms with Crippen LogP contribution in [0.4, 0.5) is 0 Å². The molecule has 0 aliphatic carbocycles. The van der Waals surface area contributed by atoms with Gasteiger partial charge in [0.05, 0.1) is 6.42 Å². The third-order valence-electron chi connectivity index (χ3n) is 2.51. The third-order valence-corrected chi connectivity index (χ3v) is 3.12. The van der Waals surface area contributed by atoms with Gasteiger partial charge in [0.15, 0.2) is 0 Å². The van der Waals surface area contributed by atoms with Crippen molar-refractivity contribution in [3.8, 4) is 0 Å². The molecule has 16 heavy (non-hydrogen) atoms. The molecule has 1 saturated heterocycles. The average molecular weight is 247 g/mol. The highest BCUT2D eigenvalue weighted by Crippen LogP contribution is 2.07. The summed E-state index contributed by atoms with van der Waals surface area (Å²) >= 11 is 1.55. The van der Waals surface area contributed by atoms with Gasteiger partial charge in [0.2, 0.25) is 0 Å². The number of carboxylic acid groups (broad SMARTS) is 1. The van der Waals surface area contributed by atoms with E-state index in [4.69, 9.17) is 5.11 Å². The Labute approximate surface area is 104 Å². The van der Waals surface area contributed by atoms with Crippen LogP contribution in [-0.2, 0) is 4.79 Å². The van der Waals surface area contributed by atoms with Crippen molar-refractivity contribution in [3.05, 3.63) is 0 Å². The van der Waals surface area contributed by atoms with Crippen LogP contribution < -0.4 is 0 Å². The molecule has 0 aromatic rings. The SMILES string of the molecule is CCCN1CCCCC1.CSCCC(=O)O. The lowest BCUT2D eigenvalue weighted by molar-refractivity contribution is -0.136. The fraction of sp³-hybridized carbons (Fsp3) is 0.917. The normalized spacial score (nSPS) is 16.4. The molecule has 0 amide bonds. The van der Waals surface area contributed by atoms with Crippen LogP contribution in [0.5, 0.6) is 0 Å². The molecule has 0 unspecified atom stereocenters. The summed E-state index contributed by atoms with van der Waals surface area (Å²) in [6.07, 6.45) is 7.81. The standard InChI is InChI=1S/C8H17N.C4H8O2S/c1-2-6-9-7-4-3-5-8-9;1-7-3-2-4(5)6/h2-8H2,1H3;2-3H2,1H3,(H,5,6). The zero-order chi connectivity index (χ0) is 12.2. The van der Waals surface area contributed by atoms with Gasteiger partial charge < -0.3 is 10.0 Å². The van der Waals surface area contributed by atoms with Crippen LogP contribution in [0.3, 0.4) is 0 Å².